The summed E-state index contributed by atoms with van der Waals surface area (Å²) in [7, 11) is 0. The molecule has 1 saturated carbocycles. The van der Waals surface area contributed by atoms with Crippen molar-refractivity contribution in [1.29, 1.82) is 0 Å². The molecule has 0 aliphatic heterocycles. The second kappa shape index (κ2) is 9.06. The number of fused-ring (bicyclic) bond motifs is 1. The SMILES string of the molecule is Cl.N[C@@H](Cc1c[nH]c2ccccc12)C(=O)NCCOC1CCCC1. The Bertz CT molecular complexity index is 653. The molecule has 5 nitrogen and oxygen atoms in total. The summed E-state index contributed by atoms with van der Waals surface area (Å²) in [6.07, 6.45) is 7.65. The standard InChI is InChI=1S/C18H25N3O2.ClH/c19-16(11-13-12-21-17-8-4-3-7-15(13)17)18(22)20-9-10-23-14-5-1-2-6-14;/h3-4,7-8,12,14,16,21H,1-2,5-6,9-11,19H2,(H,20,22);1H/t16-;/m0./s1. The molecule has 132 valence electrons. The van der Waals surface area contributed by atoms with Crippen molar-refractivity contribution in [3.63, 3.8) is 0 Å². The molecule has 0 saturated heterocycles. The van der Waals surface area contributed by atoms with Crippen molar-refractivity contribution in [2.45, 2.75) is 44.2 Å². The van der Waals surface area contributed by atoms with Crippen molar-refractivity contribution in [2.75, 3.05) is 13.2 Å². The van der Waals surface area contributed by atoms with Gasteiger partial charge in [-0.2, -0.15) is 0 Å². The fourth-order valence-corrected chi connectivity index (χ4v) is 3.22. The van der Waals surface area contributed by atoms with E-state index < -0.39 is 6.04 Å². The molecule has 1 aromatic carbocycles. The number of rotatable bonds is 7. The van der Waals surface area contributed by atoms with E-state index in [0.717, 1.165) is 29.3 Å². The molecule has 4 N–H and O–H groups in total. The van der Waals surface area contributed by atoms with E-state index in [4.69, 9.17) is 10.5 Å². The number of halogens is 1. The van der Waals surface area contributed by atoms with Crippen molar-refractivity contribution < 1.29 is 9.53 Å². The molecule has 0 bridgehead atoms. The molecule has 1 heterocycles. The van der Waals surface area contributed by atoms with Gasteiger partial charge in [0.25, 0.3) is 0 Å². The third-order valence-corrected chi connectivity index (χ3v) is 4.51. The average molecular weight is 352 g/mol. The number of nitrogens with two attached hydrogens (primary N) is 1. The predicted octanol–water partition coefficient (Wildman–Crippen LogP) is 2.53. The molecule has 1 aliphatic rings. The molecule has 0 radical (unpaired) electrons. The van der Waals surface area contributed by atoms with Crippen LogP contribution >= 0.6 is 12.4 Å². The molecule has 1 atom stereocenters. The molecule has 1 fully saturated rings. The molecule has 2 aromatic rings. The zero-order chi connectivity index (χ0) is 16.1. The highest BCUT2D eigenvalue weighted by molar-refractivity contribution is 5.86. The second-order valence-electron chi connectivity index (χ2n) is 6.24. The van der Waals surface area contributed by atoms with Crippen LogP contribution in [0.25, 0.3) is 10.9 Å². The van der Waals surface area contributed by atoms with Crippen LogP contribution in [0.1, 0.15) is 31.2 Å². The molecule has 0 unspecified atom stereocenters. The number of carbonyl (C=O) groups is 1. The smallest absolute Gasteiger partial charge is 0.237 e. The van der Waals surface area contributed by atoms with Gasteiger partial charge in [-0.15, -0.1) is 12.4 Å². The minimum Gasteiger partial charge on any atom is -0.376 e. The Labute approximate surface area is 148 Å². The first-order valence-electron chi connectivity index (χ1n) is 8.44. The molecule has 1 amide bonds. The van der Waals surface area contributed by atoms with Crippen LogP contribution in [-0.2, 0) is 16.0 Å². The minimum atomic E-state index is -0.541. The molecular weight excluding hydrogens is 326 g/mol. The lowest BCUT2D eigenvalue weighted by Gasteiger charge is -2.14. The molecule has 3 rings (SSSR count). The largest absolute Gasteiger partial charge is 0.376 e. The summed E-state index contributed by atoms with van der Waals surface area (Å²) in [5.74, 6) is -0.120. The van der Waals surface area contributed by atoms with E-state index in [1.54, 1.807) is 0 Å². The maximum Gasteiger partial charge on any atom is 0.237 e. The average Bonchev–Trinajstić information content (AvgIpc) is 3.21. The van der Waals surface area contributed by atoms with Crippen molar-refractivity contribution in [3.8, 4) is 0 Å². The lowest BCUT2D eigenvalue weighted by Crippen LogP contribution is -2.43. The molecule has 24 heavy (non-hydrogen) atoms. The highest BCUT2D eigenvalue weighted by atomic mass is 35.5. The van der Waals surface area contributed by atoms with E-state index in [2.05, 4.69) is 10.3 Å². The van der Waals surface area contributed by atoms with Crippen LogP contribution in [-0.4, -0.2) is 36.2 Å². The summed E-state index contributed by atoms with van der Waals surface area (Å²) in [5, 5.41) is 3.99. The van der Waals surface area contributed by atoms with E-state index in [1.807, 2.05) is 30.5 Å². The van der Waals surface area contributed by atoms with Crippen LogP contribution in [0.2, 0.25) is 0 Å². The van der Waals surface area contributed by atoms with E-state index in [-0.39, 0.29) is 18.3 Å². The number of para-hydroxylation sites is 1. The number of aromatic amines is 1. The Hall–Kier alpha value is -1.56. The molecule has 6 heteroatoms. The number of hydrogen-bond donors (Lipinski definition) is 3. The predicted molar refractivity (Wildman–Crippen MR) is 98.4 cm³/mol. The quantitative estimate of drug-likeness (QED) is 0.670. The first kappa shape index (κ1) is 18.8. The van der Waals surface area contributed by atoms with Crippen LogP contribution in [0.5, 0.6) is 0 Å². The van der Waals surface area contributed by atoms with Crippen molar-refractivity contribution in [1.82, 2.24) is 10.3 Å². The van der Waals surface area contributed by atoms with Crippen molar-refractivity contribution in [3.05, 3.63) is 36.0 Å². The maximum atomic E-state index is 12.1. The van der Waals surface area contributed by atoms with Crippen LogP contribution in [0, 0.1) is 0 Å². The summed E-state index contributed by atoms with van der Waals surface area (Å²) in [6, 6.07) is 7.50. The van der Waals surface area contributed by atoms with Crippen molar-refractivity contribution in [2.24, 2.45) is 5.73 Å². The number of hydrogen-bond acceptors (Lipinski definition) is 3. The van der Waals surface area contributed by atoms with Gasteiger partial charge in [-0.05, 0) is 30.9 Å². The summed E-state index contributed by atoms with van der Waals surface area (Å²) >= 11 is 0. The number of amides is 1. The Balaban J connectivity index is 0.00000208. The Morgan fingerprint density at radius 1 is 1.33 bits per heavy atom. The number of aromatic nitrogens is 1. The minimum absolute atomic E-state index is 0. The van der Waals surface area contributed by atoms with Crippen molar-refractivity contribution >= 4 is 29.2 Å². The van der Waals surface area contributed by atoms with Crippen LogP contribution < -0.4 is 11.1 Å². The van der Waals surface area contributed by atoms with Crippen LogP contribution in [0.4, 0.5) is 0 Å². The number of nitrogens with one attached hydrogen (secondary N) is 2. The summed E-state index contributed by atoms with van der Waals surface area (Å²) in [6.45, 7) is 1.09. The van der Waals surface area contributed by atoms with Gasteiger partial charge in [0.1, 0.15) is 0 Å². The van der Waals surface area contributed by atoms with E-state index in [0.29, 0.717) is 25.7 Å². The summed E-state index contributed by atoms with van der Waals surface area (Å²) in [5.41, 5.74) is 8.18. The fourth-order valence-electron chi connectivity index (χ4n) is 3.22. The van der Waals surface area contributed by atoms with Crippen LogP contribution in [0.3, 0.4) is 0 Å². The Morgan fingerprint density at radius 2 is 2.08 bits per heavy atom. The molecule has 1 aromatic heterocycles. The monoisotopic (exact) mass is 351 g/mol. The van der Waals surface area contributed by atoms with Gasteiger partial charge in [-0.1, -0.05) is 31.0 Å². The summed E-state index contributed by atoms with van der Waals surface area (Å²) < 4.78 is 5.74. The van der Waals surface area contributed by atoms with Crippen LogP contribution in [0.15, 0.2) is 30.5 Å². The van der Waals surface area contributed by atoms with Gasteiger partial charge in [0, 0.05) is 23.6 Å². The highest BCUT2D eigenvalue weighted by Crippen LogP contribution is 2.20. The third kappa shape index (κ3) is 4.72. The van der Waals surface area contributed by atoms with E-state index in [1.165, 1.54) is 12.8 Å². The first-order chi connectivity index (χ1) is 11.2. The van der Waals surface area contributed by atoms with Gasteiger partial charge in [-0.3, -0.25) is 4.79 Å². The lowest BCUT2D eigenvalue weighted by atomic mass is 10.1. The molecule has 0 spiro atoms. The molecular formula is C18H26ClN3O2. The third-order valence-electron chi connectivity index (χ3n) is 4.51. The number of carbonyl (C=O) groups excluding carboxylic acids is 1. The topological polar surface area (TPSA) is 80.1 Å². The zero-order valence-electron chi connectivity index (χ0n) is 13.8. The van der Waals surface area contributed by atoms with Gasteiger partial charge in [-0.25, -0.2) is 0 Å². The van der Waals surface area contributed by atoms with Gasteiger partial charge in [0.05, 0.1) is 18.8 Å². The number of H-pyrrole nitrogens is 1. The fraction of sp³-hybridized carbons (Fsp3) is 0.500. The highest BCUT2D eigenvalue weighted by Gasteiger charge is 2.17. The molecule has 1 aliphatic carbocycles. The lowest BCUT2D eigenvalue weighted by molar-refractivity contribution is -0.122. The Morgan fingerprint density at radius 3 is 2.88 bits per heavy atom. The van der Waals surface area contributed by atoms with Gasteiger partial charge < -0.3 is 20.8 Å². The van der Waals surface area contributed by atoms with E-state index in [9.17, 15) is 4.79 Å². The normalized spacial score (nSPS) is 16.0. The number of ether oxygens (including phenoxy) is 1. The first-order valence-corrected chi connectivity index (χ1v) is 8.44. The maximum absolute atomic E-state index is 12.1. The van der Waals surface area contributed by atoms with Gasteiger partial charge >= 0.3 is 0 Å². The van der Waals surface area contributed by atoms with Gasteiger partial charge in [0.2, 0.25) is 5.91 Å². The number of benzene rings is 1. The van der Waals surface area contributed by atoms with E-state index >= 15 is 0 Å². The summed E-state index contributed by atoms with van der Waals surface area (Å²) in [4.78, 5) is 15.3. The second-order valence-corrected chi connectivity index (χ2v) is 6.24. The van der Waals surface area contributed by atoms with Gasteiger partial charge in [0.15, 0.2) is 0 Å². The zero-order valence-corrected chi connectivity index (χ0v) is 14.6. The Kier molecular flexibility index (Phi) is 7.09.